The molecule has 0 fully saturated rings. The lowest BCUT2D eigenvalue weighted by molar-refractivity contribution is 0.101. The molecule has 0 aliphatic rings. The summed E-state index contributed by atoms with van der Waals surface area (Å²) in [5.41, 5.74) is 1.86. The third-order valence-electron chi connectivity index (χ3n) is 3.85. The number of aryl methyl sites for hydroxylation is 1. The van der Waals surface area contributed by atoms with Crippen molar-refractivity contribution in [1.82, 2.24) is 0 Å². The molecule has 0 saturated heterocycles. The number of carbonyl (C=O) groups excluding carboxylic acids is 2. The summed E-state index contributed by atoms with van der Waals surface area (Å²) in [4.78, 5) is 24.8. The Bertz CT molecular complexity index is 1020. The van der Waals surface area contributed by atoms with Crippen LogP contribution in [0.1, 0.15) is 26.3 Å². The molecule has 0 heterocycles. The second-order valence-corrected chi connectivity index (χ2v) is 5.98. The molecular weight excluding hydrogens is 350 g/mol. The monoisotopic (exact) mass is 366 g/mol. The summed E-state index contributed by atoms with van der Waals surface area (Å²) in [6.45, 7) is 1.83. The molecule has 136 valence electrons. The minimum Gasteiger partial charge on any atom is -0.320 e. The average molecular weight is 366 g/mol. The van der Waals surface area contributed by atoms with Gasteiger partial charge >= 0.3 is 0 Å². The summed E-state index contributed by atoms with van der Waals surface area (Å²) >= 11 is 0. The van der Waals surface area contributed by atoms with Crippen LogP contribution in [0, 0.1) is 18.6 Å². The van der Waals surface area contributed by atoms with Gasteiger partial charge in [-0.2, -0.15) is 0 Å². The van der Waals surface area contributed by atoms with Crippen molar-refractivity contribution < 1.29 is 18.4 Å². The second-order valence-electron chi connectivity index (χ2n) is 5.98. The van der Waals surface area contributed by atoms with Crippen molar-refractivity contribution in [2.45, 2.75) is 6.92 Å². The van der Waals surface area contributed by atoms with Crippen LogP contribution < -0.4 is 10.6 Å². The summed E-state index contributed by atoms with van der Waals surface area (Å²) in [7, 11) is 0. The summed E-state index contributed by atoms with van der Waals surface area (Å²) in [6, 6.07) is 15.6. The molecule has 3 rings (SSSR count). The number of hydrogen-bond donors (Lipinski definition) is 2. The fourth-order valence-corrected chi connectivity index (χ4v) is 2.52. The van der Waals surface area contributed by atoms with Gasteiger partial charge in [0, 0.05) is 11.1 Å². The molecule has 3 aromatic rings. The molecule has 2 N–H and O–H groups in total. The van der Waals surface area contributed by atoms with Gasteiger partial charge in [0.25, 0.3) is 11.8 Å². The first kappa shape index (κ1) is 18.3. The van der Waals surface area contributed by atoms with Gasteiger partial charge in [0.05, 0.1) is 11.4 Å². The molecule has 0 unspecified atom stereocenters. The third kappa shape index (κ3) is 4.55. The predicted octanol–water partition coefficient (Wildman–Crippen LogP) is 4.78. The minimum absolute atomic E-state index is 0.151. The van der Waals surface area contributed by atoms with Gasteiger partial charge in [-0.15, -0.1) is 0 Å². The van der Waals surface area contributed by atoms with E-state index in [2.05, 4.69) is 10.6 Å². The molecule has 0 saturated carbocycles. The molecular formula is C21H16F2N2O2. The Morgan fingerprint density at radius 2 is 1.22 bits per heavy atom. The molecule has 0 radical (unpaired) electrons. The Morgan fingerprint density at radius 3 is 1.74 bits per heavy atom. The Hall–Kier alpha value is -3.54. The lowest BCUT2D eigenvalue weighted by atomic mass is 10.1. The van der Waals surface area contributed by atoms with Crippen LogP contribution in [0.4, 0.5) is 20.2 Å². The van der Waals surface area contributed by atoms with Crippen molar-refractivity contribution in [2.75, 3.05) is 10.6 Å². The molecule has 0 atom stereocenters. The molecule has 0 aliphatic carbocycles. The standard InChI is InChI=1S/C21H16F2N2O2/c1-13-8-9-18(24-20(26)14-4-2-6-16(22)11-14)19(10-13)25-21(27)15-5-3-7-17(23)12-15/h2-12H,1H3,(H,24,26)(H,25,27). The first-order chi connectivity index (χ1) is 12.9. The highest BCUT2D eigenvalue weighted by molar-refractivity contribution is 6.10. The van der Waals surface area contributed by atoms with E-state index in [0.29, 0.717) is 11.4 Å². The van der Waals surface area contributed by atoms with Crippen molar-refractivity contribution in [1.29, 1.82) is 0 Å². The van der Waals surface area contributed by atoms with Gasteiger partial charge in [0.15, 0.2) is 0 Å². The van der Waals surface area contributed by atoms with E-state index in [-0.39, 0.29) is 11.1 Å². The SMILES string of the molecule is Cc1ccc(NC(=O)c2cccc(F)c2)c(NC(=O)c2cccc(F)c2)c1. The number of amides is 2. The lowest BCUT2D eigenvalue weighted by Gasteiger charge is -2.13. The van der Waals surface area contributed by atoms with E-state index in [0.717, 1.165) is 17.7 Å². The normalized spacial score (nSPS) is 10.3. The van der Waals surface area contributed by atoms with Crippen molar-refractivity contribution in [3.8, 4) is 0 Å². The van der Waals surface area contributed by atoms with E-state index in [9.17, 15) is 18.4 Å². The van der Waals surface area contributed by atoms with Crippen LogP contribution in [0.25, 0.3) is 0 Å². The van der Waals surface area contributed by atoms with Gasteiger partial charge in [-0.25, -0.2) is 8.78 Å². The molecule has 0 aliphatic heterocycles. The number of anilines is 2. The number of hydrogen-bond acceptors (Lipinski definition) is 2. The number of rotatable bonds is 4. The molecule has 0 bridgehead atoms. The molecule has 27 heavy (non-hydrogen) atoms. The number of carbonyl (C=O) groups is 2. The van der Waals surface area contributed by atoms with Crippen LogP contribution in [0.2, 0.25) is 0 Å². The Morgan fingerprint density at radius 1 is 0.704 bits per heavy atom. The second kappa shape index (κ2) is 7.78. The molecule has 6 heteroatoms. The van der Waals surface area contributed by atoms with Crippen molar-refractivity contribution in [2.24, 2.45) is 0 Å². The molecule has 4 nitrogen and oxygen atoms in total. The first-order valence-electron chi connectivity index (χ1n) is 8.17. The highest BCUT2D eigenvalue weighted by Crippen LogP contribution is 2.25. The zero-order valence-electron chi connectivity index (χ0n) is 14.4. The molecule has 3 aromatic carbocycles. The highest BCUT2D eigenvalue weighted by atomic mass is 19.1. The van der Waals surface area contributed by atoms with E-state index in [1.165, 1.54) is 36.4 Å². The van der Waals surface area contributed by atoms with E-state index in [1.54, 1.807) is 18.2 Å². The molecule has 0 spiro atoms. The van der Waals surface area contributed by atoms with Crippen LogP contribution in [-0.4, -0.2) is 11.8 Å². The maximum atomic E-state index is 13.3. The quantitative estimate of drug-likeness (QED) is 0.698. The van der Waals surface area contributed by atoms with E-state index in [4.69, 9.17) is 0 Å². The average Bonchev–Trinajstić information content (AvgIpc) is 2.64. The van der Waals surface area contributed by atoms with Crippen LogP contribution in [0.3, 0.4) is 0 Å². The Balaban J connectivity index is 1.85. The largest absolute Gasteiger partial charge is 0.320 e. The Labute approximate surface area is 154 Å². The van der Waals surface area contributed by atoms with Gasteiger partial charge in [0.1, 0.15) is 11.6 Å². The molecule has 0 aromatic heterocycles. The maximum absolute atomic E-state index is 13.3. The maximum Gasteiger partial charge on any atom is 0.255 e. The fraction of sp³-hybridized carbons (Fsp3) is 0.0476. The molecule has 2 amide bonds. The van der Waals surface area contributed by atoms with Crippen LogP contribution in [-0.2, 0) is 0 Å². The van der Waals surface area contributed by atoms with E-state index >= 15 is 0 Å². The van der Waals surface area contributed by atoms with Gasteiger partial charge in [0.2, 0.25) is 0 Å². The predicted molar refractivity (Wildman–Crippen MR) is 99.9 cm³/mol. The van der Waals surface area contributed by atoms with Gasteiger partial charge in [-0.05, 0) is 61.0 Å². The van der Waals surface area contributed by atoms with E-state index in [1.807, 2.05) is 6.92 Å². The minimum atomic E-state index is -0.522. The smallest absolute Gasteiger partial charge is 0.255 e. The van der Waals surface area contributed by atoms with Crippen LogP contribution in [0.5, 0.6) is 0 Å². The van der Waals surface area contributed by atoms with Gasteiger partial charge < -0.3 is 10.6 Å². The fourth-order valence-electron chi connectivity index (χ4n) is 2.52. The van der Waals surface area contributed by atoms with Crippen molar-refractivity contribution in [3.05, 3.63) is 95.1 Å². The van der Waals surface area contributed by atoms with Crippen LogP contribution >= 0.6 is 0 Å². The summed E-state index contributed by atoms with van der Waals surface area (Å²) in [5.74, 6) is -2.07. The number of halogens is 2. The topological polar surface area (TPSA) is 58.2 Å². The van der Waals surface area contributed by atoms with Gasteiger partial charge in [-0.3, -0.25) is 9.59 Å². The van der Waals surface area contributed by atoms with Crippen LogP contribution in [0.15, 0.2) is 66.7 Å². The Kier molecular flexibility index (Phi) is 5.26. The highest BCUT2D eigenvalue weighted by Gasteiger charge is 2.13. The number of nitrogens with one attached hydrogen (secondary N) is 2. The van der Waals surface area contributed by atoms with Crippen molar-refractivity contribution >= 4 is 23.2 Å². The zero-order chi connectivity index (χ0) is 19.4. The third-order valence-corrected chi connectivity index (χ3v) is 3.85. The van der Waals surface area contributed by atoms with Crippen molar-refractivity contribution in [3.63, 3.8) is 0 Å². The summed E-state index contributed by atoms with van der Waals surface area (Å²) in [6.07, 6.45) is 0. The zero-order valence-corrected chi connectivity index (χ0v) is 14.4. The first-order valence-corrected chi connectivity index (χ1v) is 8.17. The number of benzene rings is 3. The van der Waals surface area contributed by atoms with E-state index < -0.39 is 23.4 Å². The summed E-state index contributed by atoms with van der Waals surface area (Å²) < 4.78 is 26.7. The van der Waals surface area contributed by atoms with Gasteiger partial charge in [-0.1, -0.05) is 18.2 Å². The summed E-state index contributed by atoms with van der Waals surface area (Å²) in [5, 5.41) is 5.32. The lowest BCUT2D eigenvalue weighted by Crippen LogP contribution is -2.17.